The van der Waals surface area contributed by atoms with E-state index < -0.39 is 6.10 Å². The zero-order chi connectivity index (χ0) is 28.5. The number of unbranched alkanes of at least 4 members (excludes halogenated alkanes) is 22. The molecule has 0 saturated heterocycles. The maximum absolute atomic E-state index is 12.1. The number of rotatable bonds is 32. The van der Waals surface area contributed by atoms with Crippen LogP contribution in [0.5, 0.6) is 0 Å². The Labute approximate surface area is 244 Å². The lowest BCUT2D eigenvalue weighted by Crippen LogP contribution is -2.27. The maximum atomic E-state index is 12.1. The SMILES string of the molecule is CCCCCCCCC/C=C\CCCCCCCC(=O)OC(CO)COCCCCCCCCCCCCC. The highest BCUT2D eigenvalue weighted by Gasteiger charge is 2.13. The summed E-state index contributed by atoms with van der Waals surface area (Å²) in [4.78, 5) is 12.1. The van der Waals surface area contributed by atoms with E-state index in [-0.39, 0.29) is 12.6 Å². The number of aliphatic hydroxyl groups excluding tert-OH is 1. The maximum Gasteiger partial charge on any atom is 0.306 e. The molecule has 0 bridgehead atoms. The summed E-state index contributed by atoms with van der Waals surface area (Å²) < 4.78 is 11.1. The van der Waals surface area contributed by atoms with Crippen molar-refractivity contribution in [2.24, 2.45) is 0 Å². The molecule has 0 aliphatic carbocycles. The molecule has 0 heterocycles. The lowest BCUT2D eigenvalue weighted by Gasteiger charge is -2.15. The number of hydrogen-bond donors (Lipinski definition) is 1. The molecule has 1 atom stereocenters. The third-order valence-corrected chi connectivity index (χ3v) is 7.59. The Hall–Kier alpha value is -0.870. The van der Waals surface area contributed by atoms with E-state index in [0.29, 0.717) is 19.6 Å². The van der Waals surface area contributed by atoms with Gasteiger partial charge in [-0.25, -0.2) is 0 Å². The van der Waals surface area contributed by atoms with Crippen molar-refractivity contribution in [2.75, 3.05) is 19.8 Å². The Balaban J connectivity index is 3.44. The summed E-state index contributed by atoms with van der Waals surface area (Å²) in [6, 6.07) is 0. The number of esters is 1. The van der Waals surface area contributed by atoms with Crippen molar-refractivity contribution in [2.45, 2.75) is 187 Å². The van der Waals surface area contributed by atoms with Crippen LogP contribution in [0.2, 0.25) is 0 Å². The highest BCUT2D eigenvalue weighted by molar-refractivity contribution is 5.69. The number of allylic oxidation sites excluding steroid dienone is 2. The highest BCUT2D eigenvalue weighted by atomic mass is 16.6. The van der Waals surface area contributed by atoms with Crippen LogP contribution in [0.15, 0.2) is 12.2 Å². The Bertz CT molecular complexity index is 505. The summed E-state index contributed by atoms with van der Waals surface area (Å²) in [5.41, 5.74) is 0. The van der Waals surface area contributed by atoms with E-state index in [4.69, 9.17) is 9.47 Å². The van der Waals surface area contributed by atoms with Crippen molar-refractivity contribution < 1.29 is 19.4 Å². The van der Waals surface area contributed by atoms with Gasteiger partial charge in [-0.1, -0.05) is 148 Å². The Morgan fingerprint density at radius 3 is 1.46 bits per heavy atom. The summed E-state index contributed by atoms with van der Waals surface area (Å²) in [5.74, 6) is -0.208. The molecule has 1 N–H and O–H groups in total. The predicted octanol–water partition coefficient (Wildman–Crippen LogP) is 10.6. The number of carbonyl (C=O) groups excluding carboxylic acids is 1. The molecule has 0 rings (SSSR count). The largest absolute Gasteiger partial charge is 0.457 e. The second-order valence-corrected chi connectivity index (χ2v) is 11.6. The monoisotopic (exact) mass is 553 g/mol. The minimum absolute atomic E-state index is 0.170. The number of carbonyl (C=O) groups is 1. The van der Waals surface area contributed by atoms with Gasteiger partial charge in [0.1, 0.15) is 6.10 Å². The van der Waals surface area contributed by atoms with Gasteiger partial charge in [0.15, 0.2) is 0 Å². The van der Waals surface area contributed by atoms with Crippen molar-refractivity contribution in [1.82, 2.24) is 0 Å². The molecule has 0 aliphatic rings. The molecule has 39 heavy (non-hydrogen) atoms. The minimum Gasteiger partial charge on any atom is -0.457 e. The zero-order valence-corrected chi connectivity index (χ0v) is 26.4. The number of hydrogen-bond acceptors (Lipinski definition) is 4. The van der Waals surface area contributed by atoms with Crippen molar-refractivity contribution in [1.29, 1.82) is 0 Å². The van der Waals surface area contributed by atoms with Gasteiger partial charge < -0.3 is 14.6 Å². The van der Waals surface area contributed by atoms with Crippen molar-refractivity contribution >= 4 is 5.97 Å². The minimum atomic E-state index is -0.530. The first kappa shape index (κ1) is 38.1. The van der Waals surface area contributed by atoms with Gasteiger partial charge in [0.2, 0.25) is 0 Å². The van der Waals surface area contributed by atoms with Crippen LogP contribution in [0.3, 0.4) is 0 Å². The Kier molecular flexibility index (Phi) is 32.6. The first-order valence-electron chi connectivity index (χ1n) is 17.3. The standard InChI is InChI=1S/C35H68O4/c1-3-5-7-9-11-13-15-16-17-18-19-20-22-24-26-28-30-35(37)39-34(32-36)33-38-31-29-27-25-23-21-14-12-10-8-6-4-2/h17-18,34,36H,3-16,19-33H2,1-2H3/b18-17-. The van der Waals surface area contributed by atoms with Crippen LogP contribution < -0.4 is 0 Å². The zero-order valence-electron chi connectivity index (χ0n) is 26.4. The topological polar surface area (TPSA) is 55.8 Å². The average molecular weight is 553 g/mol. The van der Waals surface area contributed by atoms with Gasteiger partial charge >= 0.3 is 5.97 Å². The molecule has 0 aliphatic heterocycles. The van der Waals surface area contributed by atoms with Crippen LogP contribution in [-0.4, -0.2) is 37.0 Å². The Morgan fingerprint density at radius 2 is 1.00 bits per heavy atom. The van der Waals surface area contributed by atoms with E-state index in [0.717, 1.165) is 19.3 Å². The van der Waals surface area contributed by atoms with Crippen LogP contribution in [0, 0.1) is 0 Å². The molecule has 4 nitrogen and oxygen atoms in total. The summed E-state index contributed by atoms with van der Waals surface area (Å²) in [5, 5.41) is 9.52. The lowest BCUT2D eigenvalue weighted by atomic mass is 10.1. The van der Waals surface area contributed by atoms with Crippen molar-refractivity contribution in [3.63, 3.8) is 0 Å². The third kappa shape index (κ3) is 31.5. The molecule has 0 aromatic rings. The quantitative estimate of drug-likeness (QED) is 0.0512. The highest BCUT2D eigenvalue weighted by Crippen LogP contribution is 2.13. The summed E-state index contributed by atoms with van der Waals surface area (Å²) in [7, 11) is 0. The van der Waals surface area contributed by atoms with Crippen LogP contribution in [0.1, 0.15) is 181 Å². The Morgan fingerprint density at radius 1 is 0.590 bits per heavy atom. The number of aliphatic hydroxyl groups is 1. The molecule has 4 heteroatoms. The van der Waals surface area contributed by atoms with E-state index in [1.54, 1.807) is 0 Å². The smallest absolute Gasteiger partial charge is 0.306 e. The molecule has 0 radical (unpaired) electrons. The second-order valence-electron chi connectivity index (χ2n) is 11.6. The van der Waals surface area contributed by atoms with Crippen LogP contribution >= 0.6 is 0 Å². The van der Waals surface area contributed by atoms with Gasteiger partial charge in [-0.2, -0.15) is 0 Å². The summed E-state index contributed by atoms with van der Waals surface area (Å²) in [6.45, 7) is 5.34. The molecule has 0 aromatic heterocycles. The van der Waals surface area contributed by atoms with Gasteiger partial charge in [-0.05, 0) is 38.5 Å². The summed E-state index contributed by atoms with van der Waals surface area (Å²) >= 11 is 0. The second kappa shape index (κ2) is 33.3. The molecule has 0 fully saturated rings. The fraction of sp³-hybridized carbons (Fsp3) is 0.914. The molecule has 0 saturated carbocycles. The fourth-order valence-electron chi connectivity index (χ4n) is 4.97. The van der Waals surface area contributed by atoms with Gasteiger partial charge in [0.05, 0.1) is 13.2 Å². The first-order chi connectivity index (χ1) is 19.2. The summed E-state index contributed by atoms with van der Waals surface area (Å²) in [6.07, 6.45) is 36.7. The van der Waals surface area contributed by atoms with Crippen LogP contribution in [-0.2, 0) is 14.3 Å². The molecule has 0 aromatic carbocycles. The molecule has 232 valence electrons. The van der Waals surface area contributed by atoms with E-state index in [1.165, 1.54) is 141 Å². The molecule has 1 unspecified atom stereocenters. The fourth-order valence-corrected chi connectivity index (χ4v) is 4.97. The average Bonchev–Trinajstić information content (AvgIpc) is 2.94. The van der Waals surface area contributed by atoms with Gasteiger partial charge in [-0.3, -0.25) is 4.79 Å². The number of ether oxygens (including phenoxy) is 2. The lowest BCUT2D eigenvalue weighted by molar-refractivity contribution is -0.154. The first-order valence-corrected chi connectivity index (χ1v) is 17.3. The van der Waals surface area contributed by atoms with E-state index >= 15 is 0 Å². The van der Waals surface area contributed by atoms with E-state index in [1.807, 2.05) is 0 Å². The molecule has 0 spiro atoms. The van der Waals surface area contributed by atoms with Crippen molar-refractivity contribution in [3.05, 3.63) is 12.2 Å². The van der Waals surface area contributed by atoms with E-state index in [2.05, 4.69) is 26.0 Å². The van der Waals surface area contributed by atoms with Crippen LogP contribution in [0.25, 0.3) is 0 Å². The van der Waals surface area contributed by atoms with Crippen LogP contribution in [0.4, 0.5) is 0 Å². The predicted molar refractivity (Wildman–Crippen MR) is 168 cm³/mol. The third-order valence-electron chi connectivity index (χ3n) is 7.59. The van der Waals surface area contributed by atoms with Gasteiger partial charge in [-0.15, -0.1) is 0 Å². The van der Waals surface area contributed by atoms with Gasteiger partial charge in [0.25, 0.3) is 0 Å². The normalized spacial score (nSPS) is 12.4. The molecular formula is C35H68O4. The molecule has 0 amide bonds. The molecular weight excluding hydrogens is 484 g/mol. The van der Waals surface area contributed by atoms with Gasteiger partial charge in [0, 0.05) is 13.0 Å². The van der Waals surface area contributed by atoms with E-state index in [9.17, 15) is 9.90 Å². The van der Waals surface area contributed by atoms with Crippen molar-refractivity contribution in [3.8, 4) is 0 Å².